The van der Waals surface area contributed by atoms with E-state index in [0.29, 0.717) is 23.4 Å². The number of pyridine rings is 1. The smallest absolute Gasteiger partial charge is 0.204 e. The molecular weight excluding hydrogens is 390 g/mol. The summed E-state index contributed by atoms with van der Waals surface area (Å²) in [5.74, 6) is 1.09. The molecule has 0 unspecified atom stereocenters. The van der Waals surface area contributed by atoms with E-state index in [-0.39, 0.29) is 0 Å². The first-order valence-electron chi connectivity index (χ1n) is 9.05. The van der Waals surface area contributed by atoms with Crippen molar-refractivity contribution in [3.63, 3.8) is 0 Å². The molecule has 5 nitrogen and oxygen atoms in total. The fourth-order valence-corrected chi connectivity index (χ4v) is 3.64. The molecule has 0 N–H and O–H groups in total. The molecule has 0 saturated heterocycles. The Hall–Kier alpha value is -2.44. The van der Waals surface area contributed by atoms with Gasteiger partial charge in [-0.2, -0.15) is 4.80 Å². The zero-order chi connectivity index (χ0) is 19.7. The number of rotatable bonds is 5. The molecule has 0 radical (unpaired) electrons. The van der Waals surface area contributed by atoms with Crippen molar-refractivity contribution in [2.75, 3.05) is 6.26 Å². The first kappa shape index (κ1) is 18.9. The lowest BCUT2D eigenvalue weighted by molar-refractivity contribution is 0.572. The fourth-order valence-electron chi connectivity index (χ4n) is 3.00. The molecule has 0 aliphatic rings. The van der Waals surface area contributed by atoms with E-state index >= 15 is 0 Å². The second kappa shape index (κ2) is 7.89. The Labute approximate surface area is 173 Å². The molecule has 2 aromatic heterocycles. The van der Waals surface area contributed by atoms with Crippen LogP contribution in [0.1, 0.15) is 30.9 Å². The van der Waals surface area contributed by atoms with Gasteiger partial charge in [-0.1, -0.05) is 55.8 Å². The predicted octanol–water partition coefficient (Wildman–Crippen LogP) is 5.44. The van der Waals surface area contributed by atoms with Gasteiger partial charge in [-0.15, -0.1) is 22.0 Å². The largest absolute Gasteiger partial charge is 0.236 e. The summed E-state index contributed by atoms with van der Waals surface area (Å²) >= 11 is 8.10. The Balaban J connectivity index is 1.59. The number of fused-ring (bicyclic) bond motifs is 1. The van der Waals surface area contributed by atoms with Gasteiger partial charge in [-0.25, -0.2) is 4.98 Å². The number of hydrogen-bond acceptors (Lipinski definition) is 5. The van der Waals surface area contributed by atoms with Crippen LogP contribution in [-0.4, -0.2) is 31.4 Å². The highest BCUT2D eigenvalue weighted by Gasteiger charge is 2.11. The minimum Gasteiger partial charge on any atom is -0.236 e. The number of thioether (sulfide) groups is 1. The van der Waals surface area contributed by atoms with Crippen molar-refractivity contribution >= 4 is 34.3 Å². The van der Waals surface area contributed by atoms with Gasteiger partial charge in [0.05, 0.1) is 12.1 Å². The highest BCUT2D eigenvalue weighted by Crippen LogP contribution is 2.25. The van der Waals surface area contributed by atoms with Gasteiger partial charge in [-0.3, -0.25) is 0 Å². The maximum absolute atomic E-state index is 6.41. The third-order valence-electron chi connectivity index (χ3n) is 4.65. The van der Waals surface area contributed by atoms with E-state index < -0.39 is 0 Å². The Kier molecular flexibility index (Phi) is 5.33. The zero-order valence-electron chi connectivity index (χ0n) is 15.9. The lowest BCUT2D eigenvalue weighted by Crippen LogP contribution is -2.05. The van der Waals surface area contributed by atoms with Crippen LogP contribution in [0, 0.1) is 0 Å². The second-order valence-electron chi connectivity index (χ2n) is 6.92. The quantitative estimate of drug-likeness (QED) is 0.324. The molecule has 0 atom stereocenters. The maximum atomic E-state index is 6.41. The van der Waals surface area contributed by atoms with Gasteiger partial charge in [0.25, 0.3) is 0 Å². The molecular formula is C21H20ClN5S. The molecule has 7 heteroatoms. The van der Waals surface area contributed by atoms with Crippen molar-refractivity contribution in [2.45, 2.75) is 31.2 Å². The van der Waals surface area contributed by atoms with Crippen LogP contribution in [0.4, 0.5) is 0 Å². The van der Waals surface area contributed by atoms with Crippen LogP contribution in [0.3, 0.4) is 0 Å². The van der Waals surface area contributed by atoms with Crippen LogP contribution in [0.5, 0.6) is 0 Å². The van der Waals surface area contributed by atoms with Crippen molar-refractivity contribution in [1.82, 2.24) is 25.2 Å². The lowest BCUT2D eigenvalue weighted by Gasteiger charge is -2.06. The summed E-state index contributed by atoms with van der Waals surface area (Å²) in [6.07, 6.45) is 2.04. The third kappa shape index (κ3) is 3.88. The van der Waals surface area contributed by atoms with Crippen LogP contribution in [0.25, 0.3) is 22.3 Å². The van der Waals surface area contributed by atoms with E-state index in [0.717, 1.165) is 26.9 Å². The zero-order valence-corrected chi connectivity index (χ0v) is 17.5. The van der Waals surface area contributed by atoms with Gasteiger partial charge in [0, 0.05) is 21.4 Å². The Morgan fingerprint density at radius 1 is 1.07 bits per heavy atom. The van der Waals surface area contributed by atoms with Crippen LogP contribution in [0.2, 0.25) is 5.15 Å². The van der Waals surface area contributed by atoms with Gasteiger partial charge >= 0.3 is 0 Å². The first-order valence-corrected chi connectivity index (χ1v) is 10.6. The van der Waals surface area contributed by atoms with E-state index in [9.17, 15) is 0 Å². The van der Waals surface area contributed by atoms with Crippen molar-refractivity contribution in [3.8, 4) is 11.4 Å². The summed E-state index contributed by atoms with van der Waals surface area (Å²) in [4.78, 5) is 7.25. The third-order valence-corrected chi connectivity index (χ3v) is 5.70. The number of halogens is 1. The molecule has 28 heavy (non-hydrogen) atoms. The van der Waals surface area contributed by atoms with E-state index in [4.69, 9.17) is 11.6 Å². The van der Waals surface area contributed by atoms with Gasteiger partial charge < -0.3 is 0 Å². The number of nitrogens with zero attached hydrogens (tertiary/aromatic N) is 5. The average Bonchev–Trinajstić information content (AvgIpc) is 3.17. The molecule has 0 bridgehead atoms. The summed E-state index contributed by atoms with van der Waals surface area (Å²) in [6, 6.07) is 16.5. The van der Waals surface area contributed by atoms with Gasteiger partial charge in [0.1, 0.15) is 5.15 Å². The van der Waals surface area contributed by atoms with Crippen LogP contribution < -0.4 is 0 Å². The fraction of sp³-hybridized carbons (Fsp3) is 0.238. The molecule has 0 aliphatic heterocycles. The van der Waals surface area contributed by atoms with Crippen LogP contribution >= 0.6 is 23.4 Å². The maximum Gasteiger partial charge on any atom is 0.204 e. The molecule has 142 valence electrons. The summed E-state index contributed by atoms with van der Waals surface area (Å²) in [5, 5.41) is 14.4. The van der Waals surface area contributed by atoms with Gasteiger partial charge in [0.2, 0.25) is 5.82 Å². The summed E-state index contributed by atoms with van der Waals surface area (Å²) in [6.45, 7) is 4.77. The number of aromatic nitrogens is 5. The van der Waals surface area contributed by atoms with Crippen molar-refractivity contribution in [3.05, 3.63) is 64.8 Å². The molecule has 2 heterocycles. The monoisotopic (exact) mass is 409 g/mol. The van der Waals surface area contributed by atoms with Gasteiger partial charge in [-0.05, 0) is 41.1 Å². The molecule has 4 rings (SSSR count). The SMILES string of the molecule is CSc1ccc2cc(Cn3nnc(-c4ccc(C(C)C)cc4)n3)c(Cl)nc2c1. The minimum absolute atomic E-state index is 0.420. The Bertz CT molecular complexity index is 1120. The minimum atomic E-state index is 0.420. The van der Waals surface area contributed by atoms with Crippen molar-refractivity contribution in [2.24, 2.45) is 0 Å². The van der Waals surface area contributed by atoms with Crippen molar-refractivity contribution in [1.29, 1.82) is 0 Å². The highest BCUT2D eigenvalue weighted by molar-refractivity contribution is 7.98. The predicted molar refractivity (Wildman–Crippen MR) is 115 cm³/mol. The summed E-state index contributed by atoms with van der Waals surface area (Å²) in [5.41, 5.74) is 3.99. The standard InChI is InChI=1S/C21H20ClN5S/c1-13(2)14-4-6-15(7-5-14)21-24-26-27(25-21)12-17-10-16-8-9-18(28-3)11-19(16)23-20(17)22/h4-11,13H,12H2,1-3H3. The lowest BCUT2D eigenvalue weighted by atomic mass is 10.0. The average molecular weight is 410 g/mol. The first-order chi connectivity index (χ1) is 13.5. The van der Waals surface area contributed by atoms with Crippen LogP contribution in [-0.2, 0) is 6.54 Å². The molecule has 0 saturated carbocycles. The number of benzene rings is 2. The van der Waals surface area contributed by atoms with E-state index in [2.05, 4.69) is 58.5 Å². The van der Waals surface area contributed by atoms with E-state index in [1.807, 2.05) is 30.5 Å². The van der Waals surface area contributed by atoms with E-state index in [1.54, 1.807) is 16.6 Å². The highest BCUT2D eigenvalue weighted by atomic mass is 35.5. The molecule has 0 aliphatic carbocycles. The molecule has 0 spiro atoms. The molecule has 0 fully saturated rings. The molecule has 2 aromatic carbocycles. The molecule has 4 aromatic rings. The summed E-state index contributed by atoms with van der Waals surface area (Å²) in [7, 11) is 0. The Morgan fingerprint density at radius 3 is 2.57 bits per heavy atom. The topological polar surface area (TPSA) is 56.5 Å². The second-order valence-corrected chi connectivity index (χ2v) is 8.15. The summed E-state index contributed by atoms with van der Waals surface area (Å²) < 4.78 is 0. The van der Waals surface area contributed by atoms with Gasteiger partial charge in [0.15, 0.2) is 0 Å². The molecule has 0 amide bonds. The number of hydrogen-bond donors (Lipinski definition) is 0. The van der Waals surface area contributed by atoms with E-state index in [1.165, 1.54) is 5.56 Å². The number of tetrazole rings is 1. The van der Waals surface area contributed by atoms with Crippen molar-refractivity contribution < 1.29 is 0 Å². The normalized spacial score (nSPS) is 11.5. The van der Waals surface area contributed by atoms with Crippen LogP contribution in [0.15, 0.2) is 53.4 Å². The Morgan fingerprint density at radius 2 is 1.86 bits per heavy atom.